The number of halogens is 1. The van der Waals surface area contributed by atoms with Crippen molar-refractivity contribution in [2.45, 2.75) is 32.4 Å². The van der Waals surface area contributed by atoms with Crippen molar-refractivity contribution in [3.63, 3.8) is 0 Å². The van der Waals surface area contributed by atoms with Crippen LogP contribution in [0.1, 0.15) is 30.5 Å². The van der Waals surface area contributed by atoms with Crippen LogP contribution in [0.4, 0.5) is 4.39 Å². The van der Waals surface area contributed by atoms with Crippen molar-refractivity contribution in [1.82, 2.24) is 24.8 Å². The smallest absolute Gasteiger partial charge is 0.231 e. The largest absolute Gasteiger partial charge is 0.339 e. The SMILES string of the molecule is Cc1noc([C@H]2CCCN(Cn3ccc(-c4ccc(F)cc4)n3)C2)n1. The molecular formula is C18H20FN5O. The maximum atomic E-state index is 13.0. The molecule has 1 aliphatic heterocycles. The van der Waals surface area contributed by atoms with Crippen LogP contribution < -0.4 is 0 Å². The third-order valence-electron chi connectivity index (χ3n) is 4.52. The molecule has 6 nitrogen and oxygen atoms in total. The van der Waals surface area contributed by atoms with Gasteiger partial charge in [0.2, 0.25) is 5.89 Å². The average molecular weight is 341 g/mol. The Bertz CT molecular complexity index is 841. The van der Waals surface area contributed by atoms with Gasteiger partial charge in [0.05, 0.1) is 18.3 Å². The number of aromatic nitrogens is 4. The number of hydrogen-bond acceptors (Lipinski definition) is 5. The molecule has 3 heterocycles. The molecule has 0 saturated carbocycles. The molecule has 1 aliphatic rings. The number of piperidine rings is 1. The summed E-state index contributed by atoms with van der Waals surface area (Å²) in [5.41, 5.74) is 1.76. The molecule has 1 aromatic carbocycles. The van der Waals surface area contributed by atoms with E-state index in [0.29, 0.717) is 12.5 Å². The van der Waals surface area contributed by atoms with Crippen molar-refractivity contribution in [2.24, 2.45) is 0 Å². The molecule has 0 aliphatic carbocycles. The molecule has 1 saturated heterocycles. The summed E-state index contributed by atoms with van der Waals surface area (Å²) in [6.07, 6.45) is 4.12. The van der Waals surface area contributed by atoms with Gasteiger partial charge >= 0.3 is 0 Å². The molecule has 0 spiro atoms. The van der Waals surface area contributed by atoms with Gasteiger partial charge in [-0.15, -0.1) is 0 Å². The van der Waals surface area contributed by atoms with Gasteiger partial charge in [0, 0.05) is 18.3 Å². The topological polar surface area (TPSA) is 60.0 Å². The van der Waals surface area contributed by atoms with Crippen LogP contribution in [-0.2, 0) is 6.67 Å². The minimum absolute atomic E-state index is 0.237. The van der Waals surface area contributed by atoms with Crippen LogP contribution in [0, 0.1) is 12.7 Å². The van der Waals surface area contributed by atoms with Crippen molar-refractivity contribution in [2.75, 3.05) is 13.1 Å². The lowest BCUT2D eigenvalue weighted by Crippen LogP contribution is -2.36. The lowest BCUT2D eigenvalue weighted by molar-refractivity contribution is 0.144. The molecule has 0 bridgehead atoms. The van der Waals surface area contributed by atoms with Crippen LogP contribution in [0.5, 0.6) is 0 Å². The van der Waals surface area contributed by atoms with Crippen molar-refractivity contribution >= 4 is 0 Å². The minimum atomic E-state index is -0.237. The van der Waals surface area contributed by atoms with Crippen molar-refractivity contribution in [1.29, 1.82) is 0 Å². The molecule has 0 amide bonds. The molecule has 3 aromatic rings. The lowest BCUT2D eigenvalue weighted by atomic mass is 9.98. The molecular weight excluding hydrogens is 321 g/mol. The molecule has 2 aromatic heterocycles. The Balaban J connectivity index is 1.42. The molecule has 1 fully saturated rings. The fraction of sp³-hybridized carbons (Fsp3) is 0.389. The molecule has 0 radical (unpaired) electrons. The van der Waals surface area contributed by atoms with E-state index in [-0.39, 0.29) is 11.7 Å². The number of benzene rings is 1. The first-order valence-electron chi connectivity index (χ1n) is 8.49. The third kappa shape index (κ3) is 3.61. The number of nitrogens with zero attached hydrogens (tertiary/aromatic N) is 5. The number of aryl methyl sites for hydroxylation is 1. The van der Waals surface area contributed by atoms with E-state index in [1.165, 1.54) is 12.1 Å². The Morgan fingerprint density at radius 1 is 1.24 bits per heavy atom. The summed E-state index contributed by atoms with van der Waals surface area (Å²) in [6.45, 7) is 4.46. The summed E-state index contributed by atoms with van der Waals surface area (Å²) in [5, 5.41) is 8.50. The summed E-state index contributed by atoms with van der Waals surface area (Å²) in [5.74, 6) is 1.46. The highest BCUT2D eigenvalue weighted by atomic mass is 19.1. The van der Waals surface area contributed by atoms with Crippen molar-refractivity contribution in [3.8, 4) is 11.3 Å². The van der Waals surface area contributed by atoms with Gasteiger partial charge in [-0.25, -0.2) is 4.39 Å². The zero-order chi connectivity index (χ0) is 17.2. The Morgan fingerprint density at radius 3 is 2.84 bits per heavy atom. The van der Waals surface area contributed by atoms with Gasteiger partial charge in [0.1, 0.15) is 5.82 Å². The molecule has 4 rings (SSSR count). The maximum Gasteiger partial charge on any atom is 0.231 e. The van der Waals surface area contributed by atoms with E-state index in [1.807, 2.05) is 23.9 Å². The van der Waals surface area contributed by atoms with Crippen LogP contribution in [0.2, 0.25) is 0 Å². The molecule has 7 heteroatoms. The first-order chi connectivity index (χ1) is 12.2. The highest BCUT2D eigenvalue weighted by Crippen LogP contribution is 2.26. The van der Waals surface area contributed by atoms with Crippen molar-refractivity contribution in [3.05, 3.63) is 54.1 Å². The standard InChI is InChI=1S/C18H20FN5O/c1-13-20-18(25-22-13)15-3-2-9-23(11-15)12-24-10-8-17(21-24)14-4-6-16(19)7-5-14/h4-8,10,15H,2-3,9,11-12H2,1H3/t15-/m0/s1. The summed E-state index contributed by atoms with van der Waals surface area (Å²) < 4.78 is 20.3. The Hall–Kier alpha value is -2.54. The normalized spacial score (nSPS) is 18.6. The van der Waals surface area contributed by atoms with Gasteiger partial charge < -0.3 is 4.52 Å². The van der Waals surface area contributed by atoms with Crippen LogP contribution in [0.25, 0.3) is 11.3 Å². The molecule has 25 heavy (non-hydrogen) atoms. The molecule has 0 N–H and O–H groups in total. The predicted molar refractivity (Wildman–Crippen MR) is 90.2 cm³/mol. The summed E-state index contributed by atoms with van der Waals surface area (Å²) >= 11 is 0. The predicted octanol–water partition coefficient (Wildman–Crippen LogP) is 3.22. The summed E-state index contributed by atoms with van der Waals surface area (Å²) in [6, 6.07) is 8.36. The summed E-state index contributed by atoms with van der Waals surface area (Å²) in [7, 11) is 0. The average Bonchev–Trinajstić information content (AvgIpc) is 3.25. The minimum Gasteiger partial charge on any atom is -0.339 e. The van der Waals surface area contributed by atoms with Gasteiger partial charge in [-0.05, 0) is 56.6 Å². The Morgan fingerprint density at radius 2 is 2.08 bits per heavy atom. The molecule has 1 atom stereocenters. The zero-order valence-corrected chi connectivity index (χ0v) is 14.1. The first-order valence-corrected chi connectivity index (χ1v) is 8.49. The van der Waals surface area contributed by atoms with E-state index in [9.17, 15) is 4.39 Å². The Kier molecular flexibility index (Phi) is 4.31. The number of likely N-dealkylation sites (tertiary alicyclic amines) is 1. The van der Waals surface area contributed by atoms with E-state index < -0.39 is 0 Å². The van der Waals surface area contributed by atoms with Crippen LogP contribution in [-0.4, -0.2) is 37.9 Å². The van der Waals surface area contributed by atoms with E-state index in [1.54, 1.807) is 12.1 Å². The van der Waals surface area contributed by atoms with Crippen LogP contribution in [0.15, 0.2) is 41.1 Å². The highest BCUT2D eigenvalue weighted by Gasteiger charge is 2.25. The van der Waals surface area contributed by atoms with Gasteiger partial charge in [0.15, 0.2) is 5.82 Å². The monoisotopic (exact) mass is 341 g/mol. The number of hydrogen-bond donors (Lipinski definition) is 0. The first kappa shape index (κ1) is 16.0. The molecule has 0 unspecified atom stereocenters. The second kappa shape index (κ2) is 6.76. The van der Waals surface area contributed by atoms with Crippen LogP contribution in [0.3, 0.4) is 0 Å². The summed E-state index contributed by atoms with van der Waals surface area (Å²) in [4.78, 5) is 6.71. The van der Waals surface area contributed by atoms with E-state index >= 15 is 0 Å². The van der Waals surface area contributed by atoms with Gasteiger partial charge in [-0.3, -0.25) is 9.58 Å². The van der Waals surface area contributed by atoms with E-state index in [4.69, 9.17) is 4.52 Å². The van der Waals surface area contributed by atoms with E-state index in [2.05, 4.69) is 20.1 Å². The Labute approximate surface area is 145 Å². The maximum absolute atomic E-state index is 13.0. The molecule has 130 valence electrons. The van der Waals surface area contributed by atoms with Crippen molar-refractivity contribution < 1.29 is 8.91 Å². The second-order valence-corrected chi connectivity index (χ2v) is 6.48. The van der Waals surface area contributed by atoms with Gasteiger partial charge in [-0.1, -0.05) is 5.16 Å². The van der Waals surface area contributed by atoms with Crippen LogP contribution >= 0.6 is 0 Å². The zero-order valence-electron chi connectivity index (χ0n) is 14.1. The third-order valence-corrected chi connectivity index (χ3v) is 4.52. The van der Waals surface area contributed by atoms with E-state index in [0.717, 1.165) is 43.1 Å². The highest BCUT2D eigenvalue weighted by molar-refractivity contribution is 5.58. The number of rotatable bonds is 4. The fourth-order valence-electron chi connectivity index (χ4n) is 3.28. The second-order valence-electron chi connectivity index (χ2n) is 6.48. The van der Waals surface area contributed by atoms with Gasteiger partial charge in [-0.2, -0.15) is 10.1 Å². The lowest BCUT2D eigenvalue weighted by Gasteiger charge is -2.30. The van der Waals surface area contributed by atoms with Gasteiger partial charge in [0.25, 0.3) is 0 Å². The quantitative estimate of drug-likeness (QED) is 0.729. The fourth-order valence-corrected chi connectivity index (χ4v) is 3.28.